The zero-order chi connectivity index (χ0) is 21.6. The molecule has 0 fully saturated rings. The van der Waals surface area contributed by atoms with Gasteiger partial charge >= 0.3 is 0 Å². The number of rotatable bonds is 10. The SMILES string of the molecule is CCOCc1nc2c(N)nc3ccc(OCc4ccccc4)cc3c2n1CCCCN. The van der Waals surface area contributed by atoms with Crippen LogP contribution in [0.2, 0.25) is 0 Å². The summed E-state index contributed by atoms with van der Waals surface area (Å²) in [7, 11) is 0. The van der Waals surface area contributed by atoms with Crippen LogP contribution in [0.3, 0.4) is 0 Å². The lowest BCUT2D eigenvalue weighted by Crippen LogP contribution is -2.08. The van der Waals surface area contributed by atoms with Crippen molar-refractivity contribution >= 4 is 27.8 Å². The topological polar surface area (TPSA) is 101 Å². The Labute approximate surface area is 182 Å². The highest BCUT2D eigenvalue weighted by molar-refractivity contribution is 6.07. The molecule has 0 atom stereocenters. The molecule has 4 rings (SSSR count). The van der Waals surface area contributed by atoms with Crippen LogP contribution in [0, 0.1) is 0 Å². The summed E-state index contributed by atoms with van der Waals surface area (Å²) in [5, 5.41) is 0.970. The fourth-order valence-corrected chi connectivity index (χ4v) is 3.73. The standard InChI is InChI=1S/C24H29N5O2/c1-2-30-16-21-28-22-23(29(21)13-7-6-12-25)19-14-18(10-11-20(19)27-24(22)26)31-15-17-8-4-3-5-9-17/h3-5,8-11,14H,2,6-7,12-13,15-16,25H2,1H3,(H2,26,27). The van der Waals surface area contributed by atoms with Gasteiger partial charge < -0.3 is 25.5 Å². The van der Waals surface area contributed by atoms with Crippen LogP contribution in [-0.2, 0) is 24.5 Å². The Morgan fingerprint density at radius 2 is 1.84 bits per heavy atom. The van der Waals surface area contributed by atoms with E-state index in [0.717, 1.165) is 52.9 Å². The van der Waals surface area contributed by atoms with E-state index in [-0.39, 0.29) is 0 Å². The number of nitrogens with zero attached hydrogens (tertiary/aromatic N) is 3. The number of hydrogen-bond donors (Lipinski definition) is 2. The minimum atomic E-state index is 0.427. The van der Waals surface area contributed by atoms with Gasteiger partial charge in [0, 0.05) is 18.5 Å². The molecule has 0 amide bonds. The average Bonchev–Trinajstić information content (AvgIpc) is 3.17. The van der Waals surface area contributed by atoms with Gasteiger partial charge in [-0.2, -0.15) is 0 Å². The van der Waals surface area contributed by atoms with E-state index in [2.05, 4.69) is 9.55 Å². The highest BCUT2D eigenvalue weighted by Gasteiger charge is 2.18. The number of aromatic nitrogens is 3. The third kappa shape index (κ3) is 4.62. The molecule has 0 saturated carbocycles. The van der Waals surface area contributed by atoms with E-state index in [1.165, 1.54) is 0 Å². The van der Waals surface area contributed by atoms with E-state index in [1.54, 1.807) is 0 Å². The maximum Gasteiger partial charge on any atom is 0.152 e. The number of imidazole rings is 1. The Bertz CT molecular complexity index is 1160. The number of ether oxygens (including phenoxy) is 2. The minimum absolute atomic E-state index is 0.427. The number of nitrogen functional groups attached to an aromatic ring is 1. The van der Waals surface area contributed by atoms with Gasteiger partial charge in [-0.25, -0.2) is 9.97 Å². The molecule has 0 radical (unpaired) electrons. The molecular weight excluding hydrogens is 390 g/mol. The number of anilines is 1. The zero-order valence-electron chi connectivity index (χ0n) is 17.9. The van der Waals surface area contributed by atoms with Crippen LogP contribution in [-0.4, -0.2) is 27.7 Å². The number of nitrogens with two attached hydrogens (primary N) is 2. The highest BCUT2D eigenvalue weighted by Crippen LogP contribution is 2.32. The first kappa shape index (κ1) is 21.1. The van der Waals surface area contributed by atoms with Gasteiger partial charge in [-0.1, -0.05) is 30.3 Å². The van der Waals surface area contributed by atoms with Gasteiger partial charge in [0.05, 0.1) is 11.0 Å². The van der Waals surface area contributed by atoms with E-state index >= 15 is 0 Å². The third-order valence-electron chi connectivity index (χ3n) is 5.27. The lowest BCUT2D eigenvalue weighted by atomic mass is 10.1. The molecule has 4 N–H and O–H groups in total. The summed E-state index contributed by atoms with van der Waals surface area (Å²) < 4.78 is 13.9. The minimum Gasteiger partial charge on any atom is -0.489 e. The molecule has 7 heteroatoms. The monoisotopic (exact) mass is 419 g/mol. The first-order valence-corrected chi connectivity index (χ1v) is 10.7. The number of hydrogen-bond acceptors (Lipinski definition) is 6. The predicted octanol–water partition coefficient (Wildman–Crippen LogP) is 4.02. The number of aryl methyl sites for hydroxylation is 1. The molecule has 162 valence electrons. The quantitative estimate of drug-likeness (QED) is 0.377. The second kappa shape index (κ2) is 9.76. The number of fused-ring (bicyclic) bond motifs is 3. The van der Waals surface area contributed by atoms with Gasteiger partial charge in [0.25, 0.3) is 0 Å². The fraction of sp³-hybridized carbons (Fsp3) is 0.333. The van der Waals surface area contributed by atoms with Crippen LogP contribution in [0.4, 0.5) is 5.82 Å². The summed E-state index contributed by atoms with van der Waals surface area (Å²) in [5.41, 5.74) is 15.6. The van der Waals surface area contributed by atoms with E-state index in [9.17, 15) is 0 Å². The summed E-state index contributed by atoms with van der Waals surface area (Å²) >= 11 is 0. The third-order valence-corrected chi connectivity index (χ3v) is 5.27. The van der Waals surface area contributed by atoms with Gasteiger partial charge in [0.2, 0.25) is 0 Å². The van der Waals surface area contributed by atoms with Crippen molar-refractivity contribution in [3.8, 4) is 5.75 Å². The van der Waals surface area contributed by atoms with Gasteiger partial charge in [-0.05, 0) is 50.1 Å². The molecule has 0 bridgehead atoms. The van der Waals surface area contributed by atoms with Crippen LogP contribution < -0.4 is 16.2 Å². The average molecular weight is 420 g/mol. The number of benzene rings is 2. The summed E-state index contributed by atoms with van der Waals surface area (Å²) in [5.74, 6) is 2.06. The molecule has 2 aromatic carbocycles. The van der Waals surface area contributed by atoms with Crippen molar-refractivity contribution in [1.82, 2.24) is 14.5 Å². The molecule has 0 aliphatic heterocycles. The lowest BCUT2D eigenvalue weighted by Gasteiger charge is -2.12. The first-order valence-electron chi connectivity index (χ1n) is 10.7. The van der Waals surface area contributed by atoms with Gasteiger partial charge in [-0.15, -0.1) is 0 Å². The van der Waals surface area contributed by atoms with Crippen molar-refractivity contribution in [2.24, 2.45) is 5.73 Å². The molecule has 2 heterocycles. The van der Waals surface area contributed by atoms with Crippen LogP contribution in [0.25, 0.3) is 21.9 Å². The van der Waals surface area contributed by atoms with E-state index in [1.807, 2.05) is 55.5 Å². The van der Waals surface area contributed by atoms with Crippen LogP contribution >= 0.6 is 0 Å². The molecule has 0 aliphatic carbocycles. The van der Waals surface area contributed by atoms with Crippen molar-refractivity contribution in [1.29, 1.82) is 0 Å². The molecule has 7 nitrogen and oxygen atoms in total. The molecule has 0 saturated heterocycles. The maximum absolute atomic E-state index is 6.28. The van der Waals surface area contributed by atoms with Crippen molar-refractivity contribution < 1.29 is 9.47 Å². The van der Waals surface area contributed by atoms with Crippen LogP contribution in [0.1, 0.15) is 31.2 Å². The van der Waals surface area contributed by atoms with Gasteiger partial charge in [0.15, 0.2) is 5.82 Å². The Kier molecular flexibility index (Phi) is 6.64. The van der Waals surface area contributed by atoms with E-state index in [0.29, 0.717) is 37.7 Å². The maximum atomic E-state index is 6.28. The summed E-state index contributed by atoms with van der Waals surface area (Å²) in [6, 6.07) is 16.0. The first-order chi connectivity index (χ1) is 15.2. The molecular formula is C24H29N5O2. The second-order valence-corrected chi connectivity index (χ2v) is 7.46. The molecule has 0 aliphatic rings. The smallest absolute Gasteiger partial charge is 0.152 e. The molecule has 4 aromatic rings. The molecule has 0 spiro atoms. The predicted molar refractivity (Wildman–Crippen MR) is 124 cm³/mol. The normalized spacial score (nSPS) is 11.4. The number of pyridine rings is 1. The summed E-state index contributed by atoms with van der Waals surface area (Å²) in [4.78, 5) is 9.36. The highest BCUT2D eigenvalue weighted by atomic mass is 16.5. The van der Waals surface area contributed by atoms with Crippen molar-refractivity contribution in [3.63, 3.8) is 0 Å². The van der Waals surface area contributed by atoms with Crippen LogP contribution in [0.15, 0.2) is 48.5 Å². The number of unbranched alkanes of at least 4 members (excludes halogenated alkanes) is 1. The van der Waals surface area contributed by atoms with E-state index < -0.39 is 0 Å². The lowest BCUT2D eigenvalue weighted by molar-refractivity contribution is 0.126. The Hall–Kier alpha value is -3.16. The van der Waals surface area contributed by atoms with Crippen molar-refractivity contribution in [2.75, 3.05) is 18.9 Å². The summed E-state index contributed by atoms with van der Waals surface area (Å²) in [6.45, 7) is 4.99. The zero-order valence-corrected chi connectivity index (χ0v) is 17.9. The molecule has 2 aromatic heterocycles. The molecule has 31 heavy (non-hydrogen) atoms. The van der Waals surface area contributed by atoms with Crippen molar-refractivity contribution in [2.45, 2.75) is 39.5 Å². The van der Waals surface area contributed by atoms with Gasteiger partial charge in [-0.3, -0.25) is 0 Å². The van der Waals surface area contributed by atoms with E-state index in [4.69, 9.17) is 25.9 Å². The second-order valence-electron chi connectivity index (χ2n) is 7.46. The van der Waals surface area contributed by atoms with Crippen LogP contribution in [0.5, 0.6) is 5.75 Å². The van der Waals surface area contributed by atoms with Gasteiger partial charge in [0.1, 0.15) is 30.3 Å². The largest absolute Gasteiger partial charge is 0.489 e. The Morgan fingerprint density at radius 3 is 2.61 bits per heavy atom. The van der Waals surface area contributed by atoms with Crippen molar-refractivity contribution in [3.05, 3.63) is 59.9 Å². The Balaban J connectivity index is 1.77. The Morgan fingerprint density at radius 1 is 1.00 bits per heavy atom. The molecule has 0 unspecified atom stereocenters. The fourth-order valence-electron chi connectivity index (χ4n) is 3.73. The summed E-state index contributed by atoms with van der Waals surface area (Å²) in [6.07, 6.45) is 1.90.